The van der Waals surface area contributed by atoms with Crippen LogP contribution in [0.3, 0.4) is 0 Å². The lowest BCUT2D eigenvalue weighted by Crippen LogP contribution is -2.39. The summed E-state index contributed by atoms with van der Waals surface area (Å²) in [6.45, 7) is 4.39. The Labute approximate surface area is 192 Å². The number of nitrogens with one attached hydrogen (secondary N) is 1. The summed E-state index contributed by atoms with van der Waals surface area (Å²) in [7, 11) is 1.40. The second-order valence-electron chi connectivity index (χ2n) is 7.23. The number of carboxylic acid groups (broad SMARTS) is 1. The van der Waals surface area contributed by atoms with Gasteiger partial charge in [0.15, 0.2) is 6.10 Å². The highest BCUT2D eigenvalue weighted by atomic mass is 24.3. The van der Waals surface area contributed by atoms with Gasteiger partial charge < -0.3 is 24.8 Å². The summed E-state index contributed by atoms with van der Waals surface area (Å²) >= 11 is 0. The number of aliphatic carboxylic acids is 1. The Morgan fingerprint density at radius 1 is 1.33 bits per heavy atom. The fraction of sp³-hybridized carbons (Fsp3) is 0.409. The Balaban J connectivity index is 0.00000320. The number of nitrogens with zero attached hydrogens (tertiary/aromatic N) is 1. The van der Waals surface area contributed by atoms with Crippen LogP contribution in [0.5, 0.6) is 5.75 Å². The highest BCUT2D eigenvalue weighted by Gasteiger charge is 2.23. The van der Waals surface area contributed by atoms with Gasteiger partial charge >= 0.3 is 29.0 Å². The van der Waals surface area contributed by atoms with Gasteiger partial charge in [-0.3, -0.25) is 0 Å². The first-order valence-electron chi connectivity index (χ1n) is 9.76. The number of halogens is 1. The molecule has 30 heavy (non-hydrogen) atoms. The molecule has 2 atom stereocenters. The minimum absolute atomic E-state index is 0. The van der Waals surface area contributed by atoms with E-state index in [1.807, 2.05) is 31.2 Å². The van der Waals surface area contributed by atoms with E-state index in [9.17, 15) is 9.18 Å². The van der Waals surface area contributed by atoms with Crippen molar-refractivity contribution >= 4 is 40.4 Å². The number of hydrogen-bond donors (Lipinski definition) is 2. The van der Waals surface area contributed by atoms with Crippen molar-refractivity contribution in [1.82, 2.24) is 0 Å². The van der Waals surface area contributed by atoms with E-state index in [1.165, 1.54) is 19.2 Å². The predicted molar refractivity (Wildman–Crippen MR) is 119 cm³/mol. The topological polar surface area (TPSA) is 71.0 Å². The Hall–Kier alpha value is -2.03. The lowest BCUT2D eigenvalue weighted by atomic mass is 10.1. The maximum absolute atomic E-state index is 13.5. The van der Waals surface area contributed by atoms with Crippen molar-refractivity contribution in [3.05, 3.63) is 53.8 Å². The van der Waals surface area contributed by atoms with Crippen molar-refractivity contribution < 1.29 is 23.8 Å². The first-order chi connectivity index (χ1) is 14.0. The van der Waals surface area contributed by atoms with E-state index in [1.54, 1.807) is 6.07 Å². The largest absolute Gasteiger partial charge is 0.487 e. The van der Waals surface area contributed by atoms with Gasteiger partial charge in [0.2, 0.25) is 0 Å². The van der Waals surface area contributed by atoms with E-state index < -0.39 is 12.1 Å². The lowest BCUT2D eigenvalue weighted by Gasteiger charge is -2.35. The number of carbonyl (C=O) groups is 1. The fourth-order valence-corrected chi connectivity index (χ4v) is 3.46. The van der Waals surface area contributed by atoms with Crippen LogP contribution in [0.4, 0.5) is 15.8 Å². The molecule has 2 N–H and O–H groups in total. The lowest BCUT2D eigenvalue weighted by molar-refractivity contribution is -0.148. The molecule has 160 valence electrons. The fourth-order valence-electron chi connectivity index (χ4n) is 3.46. The van der Waals surface area contributed by atoms with Crippen molar-refractivity contribution in [2.24, 2.45) is 0 Å². The summed E-state index contributed by atoms with van der Waals surface area (Å²) in [6, 6.07) is 12.4. The van der Waals surface area contributed by atoms with Crippen LogP contribution in [-0.2, 0) is 16.0 Å². The molecule has 0 aliphatic carbocycles. The summed E-state index contributed by atoms with van der Waals surface area (Å²) in [4.78, 5) is 13.3. The Morgan fingerprint density at radius 3 is 2.73 bits per heavy atom. The van der Waals surface area contributed by atoms with Gasteiger partial charge in [-0.25, -0.2) is 9.18 Å². The maximum atomic E-state index is 13.5. The smallest absolute Gasteiger partial charge is 0.333 e. The highest BCUT2D eigenvalue weighted by Crippen LogP contribution is 2.33. The number of ether oxygens (including phenoxy) is 2. The SMILES string of the molecule is CO[C@@H](Cc1ccc(NCCCN2CC(C)Oc3cc(F)ccc32)cc1)C(=O)O.[MgH2]. The molecule has 0 saturated heterocycles. The number of hydrogen-bond acceptors (Lipinski definition) is 5. The van der Waals surface area contributed by atoms with Crippen molar-refractivity contribution in [3.63, 3.8) is 0 Å². The molecular formula is C22H29FMgN2O4. The molecule has 8 heteroatoms. The van der Waals surface area contributed by atoms with Crippen LogP contribution in [0.25, 0.3) is 0 Å². The molecule has 6 nitrogen and oxygen atoms in total. The number of fused-ring (bicyclic) bond motifs is 1. The standard InChI is InChI=1S/C22H27FN2O4.Mg.2H/c1-15-14-25(19-9-6-17(23)13-20(19)29-15)11-3-10-24-18-7-4-16(5-8-18)12-21(28-2)22(26)27;;;/h4-9,13,15,21,24H,3,10-12,14H2,1-2H3,(H,26,27);;;/t15?,21-;;;/m0.../s1. The van der Waals surface area contributed by atoms with Crippen molar-refractivity contribution in [2.45, 2.75) is 32.0 Å². The highest BCUT2D eigenvalue weighted by molar-refractivity contribution is 5.75. The quantitative estimate of drug-likeness (QED) is 0.472. The van der Waals surface area contributed by atoms with Gasteiger partial charge in [0.25, 0.3) is 0 Å². The average molecular weight is 429 g/mol. The zero-order chi connectivity index (χ0) is 20.8. The maximum Gasteiger partial charge on any atom is 0.333 e. The Kier molecular flexibility index (Phi) is 9.20. The molecule has 0 aromatic heterocycles. The number of methoxy groups -OCH3 is 1. The molecule has 1 aliphatic heterocycles. The van der Waals surface area contributed by atoms with Gasteiger partial charge in [0.1, 0.15) is 17.7 Å². The van der Waals surface area contributed by atoms with Crippen LogP contribution in [0.2, 0.25) is 0 Å². The third-order valence-electron chi connectivity index (χ3n) is 4.94. The molecule has 0 saturated carbocycles. The van der Waals surface area contributed by atoms with Crippen molar-refractivity contribution in [3.8, 4) is 5.75 Å². The number of carboxylic acids is 1. The van der Waals surface area contributed by atoms with Crippen LogP contribution in [0.1, 0.15) is 18.9 Å². The van der Waals surface area contributed by atoms with Gasteiger partial charge in [-0.1, -0.05) is 12.1 Å². The second-order valence-corrected chi connectivity index (χ2v) is 7.23. The number of anilines is 2. The summed E-state index contributed by atoms with van der Waals surface area (Å²) in [6.07, 6.45) is 0.435. The summed E-state index contributed by atoms with van der Waals surface area (Å²) < 4.78 is 24.2. The molecule has 0 amide bonds. The molecule has 1 unspecified atom stereocenters. The second kappa shape index (κ2) is 11.4. The molecule has 1 aliphatic rings. The predicted octanol–water partition coefficient (Wildman–Crippen LogP) is 2.64. The minimum Gasteiger partial charge on any atom is -0.487 e. The summed E-state index contributed by atoms with van der Waals surface area (Å²) in [5, 5.41) is 12.4. The summed E-state index contributed by atoms with van der Waals surface area (Å²) in [5.41, 5.74) is 2.83. The number of benzene rings is 2. The molecular weight excluding hydrogens is 400 g/mol. The van der Waals surface area contributed by atoms with E-state index in [0.29, 0.717) is 12.2 Å². The van der Waals surface area contributed by atoms with E-state index in [0.717, 1.165) is 43.0 Å². The zero-order valence-electron chi connectivity index (χ0n) is 16.7. The molecule has 2 aromatic rings. The van der Waals surface area contributed by atoms with Crippen LogP contribution >= 0.6 is 0 Å². The minimum atomic E-state index is -0.962. The van der Waals surface area contributed by atoms with E-state index in [-0.39, 0.29) is 35.0 Å². The summed E-state index contributed by atoms with van der Waals surface area (Å²) in [5.74, 6) is -0.650. The molecule has 3 rings (SSSR count). The van der Waals surface area contributed by atoms with Gasteiger partial charge in [-0.15, -0.1) is 0 Å². The van der Waals surface area contributed by atoms with E-state index in [2.05, 4.69) is 10.2 Å². The normalized spacial score (nSPS) is 16.1. The van der Waals surface area contributed by atoms with Gasteiger partial charge in [-0.2, -0.15) is 0 Å². The molecule has 0 radical (unpaired) electrons. The van der Waals surface area contributed by atoms with E-state index >= 15 is 0 Å². The third-order valence-corrected chi connectivity index (χ3v) is 4.94. The third kappa shape index (κ3) is 6.48. The van der Waals surface area contributed by atoms with Crippen LogP contribution < -0.4 is 15.0 Å². The van der Waals surface area contributed by atoms with E-state index in [4.69, 9.17) is 14.6 Å². The molecule has 1 heterocycles. The monoisotopic (exact) mass is 428 g/mol. The van der Waals surface area contributed by atoms with Crippen LogP contribution in [0, 0.1) is 5.82 Å². The molecule has 2 aromatic carbocycles. The van der Waals surface area contributed by atoms with Gasteiger partial charge in [-0.05, 0) is 43.2 Å². The molecule has 0 fully saturated rings. The molecule has 0 spiro atoms. The molecule has 0 bridgehead atoms. The van der Waals surface area contributed by atoms with Crippen LogP contribution in [-0.4, -0.2) is 73.1 Å². The van der Waals surface area contributed by atoms with Gasteiger partial charge in [0.05, 0.1) is 12.2 Å². The van der Waals surface area contributed by atoms with Crippen molar-refractivity contribution in [2.75, 3.05) is 37.0 Å². The zero-order valence-corrected chi connectivity index (χ0v) is 16.7. The average Bonchev–Trinajstić information content (AvgIpc) is 2.69. The Morgan fingerprint density at radius 2 is 2.07 bits per heavy atom. The Bertz CT molecular complexity index is 834. The van der Waals surface area contributed by atoms with Crippen molar-refractivity contribution in [1.29, 1.82) is 0 Å². The van der Waals surface area contributed by atoms with Crippen LogP contribution in [0.15, 0.2) is 42.5 Å². The first-order valence-corrected chi connectivity index (χ1v) is 9.76. The van der Waals surface area contributed by atoms with Gasteiger partial charge in [0, 0.05) is 38.4 Å². The first kappa shape index (κ1) is 24.2. The number of rotatable bonds is 9.